The van der Waals surface area contributed by atoms with Crippen LogP contribution in [0.15, 0.2) is 0 Å². The first-order chi connectivity index (χ1) is 8.02. The quantitative estimate of drug-likeness (QED) is 0.204. The number of aliphatic hydroxyl groups excluding tert-OH is 6. The molecule has 0 radical (unpaired) electrons. The van der Waals surface area contributed by atoms with Crippen LogP contribution in [0.1, 0.15) is 12.8 Å². The highest BCUT2D eigenvalue weighted by atomic mass is 16.4. The Morgan fingerprint density at radius 2 is 1.00 bits per heavy atom. The lowest BCUT2D eigenvalue weighted by Crippen LogP contribution is -2.35. The first kappa shape index (κ1) is 16.7. The third-order valence-electron chi connectivity index (χ3n) is 2.50. The van der Waals surface area contributed by atoms with Crippen molar-refractivity contribution in [1.29, 1.82) is 0 Å². The Morgan fingerprint density at radius 1 is 0.647 bits per heavy atom. The molecular formula is C10H23NO6. The van der Waals surface area contributed by atoms with Crippen LogP contribution in [-0.2, 0) is 0 Å². The highest BCUT2D eigenvalue weighted by molar-refractivity contribution is 4.69. The van der Waals surface area contributed by atoms with Crippen molar-refractivity contribution in [2.75, 3.05) is 26.3 Å². The van der Waals surface area contributed by atoms with E-state index in [9.17, 15) is 10.2 Å². The summed E-state index contributed by atoms with van der Waals surface area (Å²) in [4.78, 5) is 0. The van der Waals surface area contributed by atoms with Crippen LogP contribution in [-0.4, -0.2) is 81.4 Å². The number of hydrogen-bond acceptors (Lipinski definition) is 7. The van der Waals surface area contributed by atoms with E-state index in [1.165, 1.54) is 0 Å². The number of aliphatic hydroxyl groups is 6. The molecule has 0 amide bonds. The number of hydrogen-bond donors (Lipinski definition) is 7. The molecule has 0 aliphatic carbocycles. The van der Waals surface area contributed by atoms with Crippen LogP contribution < -0.4 is 5.32 Å². The van der Waals surface area contributed by atoms with E-state index in [2.05, 4.69) is 5.32 Å². The zero-order chi connectivity index (χ0) is 13.3. The molecule has 0 saturated carbocycles. The summed E-state index contributed by atoms with van der Waals surface area (Å²) in [5.41, 5.74) is 0. The molecule has 0 spiro atoms. The van der Waals surface area contributed by atoms with Crippen molar-refractivity contribution in [2.24, 2.45) is 0 Å². The maximum absolute atomic E-state index is 9.28. The van der Waals surface area contributed by atoms with Crippen molar-refractivity contribution in [1.82, 2.24) is 5.32 Å². The maximum atomic E-state index is 9.28. The van der Waals surface area contributed by atoms with Crippen molar-refractivity contribution in [3.8, 4) is 0 Å². The minimum absolute atomic E-state index is 0.278. The van der Waals surface area contributed by atoms with Gasteiger partial charge in [0.05, 0.1) is 25.4 Å². The van der Waals surface area contributed by atoms with Crippen LogP contribution in [0.5, 0.6) is 0 Å². The van der Waals surface area contributed by atoms with Gasteiger partial charge in [0.1, 0.15) is 12.2 Å². The van der Waals surface area contributed by atoms with E-state index in [4.69, 9.17) is 20.4 Å². The van der Waals surface area contributed by atoms with Gasteiger partial charge < -0.3 is 36.0 Å². The molecule has 7 nitrogen and oxygen atoms in total. The Kier molecular flexibility index (Phi) is 9.56. The Bertz CT molecular complexity index is 164. The van der Waals surface area contributed by atoms with E-state index in [0.717, 1.165) is 0 Å². The summed E-state index contributed by atoms with van der Waals surface area (Å²) in [5.74, 6) is 0. The van der Waals surface area contributed by atoms with Crippen molar-refractivity contribution >= 4 is 0 Å². The summed E-state index contributed by atoms with van der Waals surface area (Å²) in [6.07, 6.45) is -3.70. The van der Waals surface area contributed by atoms with Gasteiger partial charge >= 0.3 is 0 Å². The first-order valence-corrected chi connectivity index (χ1v) is 5.67. The van der Waals surface area contributed by atoms with Gasteiger partial charge in [-0.2, -0.15) is 0 Å². The summed E-state index contributed by atoms with van der Waals surface area (Å²) in [5, 5.41) is 56.7. The molecule has 0 fully saturated rings. The second-order valence-electron chi connectivity index (χ2n) is 3.96. The van der Waals surface area contributed by atoms with Crippen LogP contribution in [0, 0.1) is 0 Å². The highest BCUT2D eigenvalue weighted by Crippen LogP contribution is 1.99. The van der Waals surface area contributed by atoms with Gasteiger partial charge in [0.15, 0.2) is 0 Å². The van der Waals surface area contributed by atoms with Gasteiger partial charge in [-0.1, -0.05) is 0 Å². The molecule has 4 atom stereocenters. The third kappa shape index (κ3) is 7.61. The molecule has 0 aromatic rings. The molecule has 0 heterocycles. The van der Waals surface area contributed by atoms with Crippen LogP contribution in [0.3, 0.4) is 0 Å². The molecule has 7 N–H and O–H groups in total. The zero-order valence-corrected chi connectivity index (χ0v) is 9.74. The van der Waals surface area contributed by atoms with Gasteiger partial charge in [-0.05, 0) is 25.9 Å². The van der Waals surface area contributed by atoms with Crippen LogP contribution in [0.2, 0.25) is 0 Å². The molecule has 0 aromatic heterocycles. The molecule has 0 aliphatic heterocycles. The van der Waals surface area contributed by atoms with E-state index in [1.54, 1.807) is 0 Å². The Balaban J connectivity index is 3.46. The van der Waals surface area contributed by atoms with Crippen molar-refractivity contribution < 1.29 is 30.6 Å². The molecule has 0 rings (SSSR count). The van der Waals surface area contributed by atoms with E-state index in [0.29, 0.717) is 13.1 Å². The van der Waals surface area contributed by atoms with Crippen molar-refractivity contribution in [2.45, 2.75) is 37.3 Å². The molecule has 0 bridgehead atoms. The van der Waals surface area contributed by atoms with Gasteiger partial charge in [-0.15, -0.1) is 0 Å². The summed E-state index contributed by atoms with van der Waals surface area (Å²) in [6, 6.07) is 0. The fourth-order valence-corrected chi connectivity index (χ4v) is 1.25. The maximum Gasteiger partial charge on any atom is 0.103 e. The van der Waals surface area contributed by atoms with E-state index >= 15 is 0 Å². The predicted octanol–water partition coefficient (Wildman–Crippen LogP) is -3.22. The molecule has 0 unspecified atom stereocenters. The fraction of sp³-hybridized carbons (Fsp3) is 1.00. The topological polar surface area (TPSA) is 133 Å². The van der Waals surface area contributed by atoms with Gasteiger partial charge in [-0.3, -0.25) is 0 Å². The Labute approximate surface area is 100 Å². The second-order valence-corrected chi connectivity index (χ2v) is 3.96. The van der Waals surface area contributed by atoms with Gasteiger partial charge in [0.25, 0.3) is 0 Å². The molecule has 0 aromatic carbocycles. The van der Waals surface area contributed by atoms with Crippen LogP contribution >= 0.6 is 0 Å². The summed E-state index contributed by atoms with van der Waals surface area (Å²) in [7, 11) is 0. The molecule has 17 heavy (non-hydrogen) atoms. The smallest absolute Gasteiger partial charge is 0.103 e. The summed E-state index contributed by atoms with van der Waals surface area (Å²) >= 11 is 0. The molecular weight excluding hydrogens is 230 g/mol. The third-order valence-corrected chi connectivity index (χ3v) is 2.50. The predicted molar refractivity (Wildman–Crippen MR) is 60.3 cm³/mol. The largest absolute Gasteiger partial charge is 0.394 e. The van der Waals surface area contributed by atoms with Crippen LogP contribution in [0.4, 0.5) is 0 Å². The van der Waals surface area contributed by atoms with E-state index < -0.39 is 37.6 Å². The zero-order valence-electron chi connectivity index (χ0n) is 9.74. The monoisotopic (exact) mass is 253 g/mol. The summed E-state index contributed by atoms with van der Waals surface area (Å²) < 4.78 is 0. The normalized spacial score (nSPS) is 18.7. The molecule has 0 saturated heterocycles. The van der Waals surface area contributed by atoms with Gasteiger partial charge in [0, 0.05) is 0 Å². The Morgan fingerprint density at radius 3 is 1.29 bits per heavy atom. The first-order valence-electron chi connectivity index (χ1n) is 5.67. The molecule has 7 heteroatoms. The van der Waals surface area contributed by atoms with Gasteiger partial charge in [0.2, 0.25) is 0 Å². The average Bonchev–Trinajstić information content (AvgIpc) is 2.35. The average molecular weight is 253 g/mol. The lowest BCUT2D eigenvalue weighted by Gasteiger charge is -2.17. The van der Waals surface area contributed by atoms with Gasteiger partial charge in [-0.25, -0.2) is 0 Å². The minimum Gasteiger partial charge on any atom is -0.394 e. The standard InChI is InChI=1S/C10H23NO6/c12-5-9(16)7(14)1-3-11-4-2-8(15)10(17)6-13/h7-17H,1-6H2/t7-,8-,9+,10+/m1/s1. The number of nitrogens with one attached hydrogen (secondary N) is 1. The SMILES string of the molecule is OC[C@H](O)[C@H](O)CCNCC[C@@H](O)[C@@H](O)CO. The van der Waals surface area contributed by atoms with E-state index in [1.807, 2.05) is 0 Å². The second kappa shape index (κ2) is 9.72. The van der Waals surface area contributed by atoms with Crippen molar-refractivity contribution in [3.05, 3.63) is 0 Å². The fourth-order valence-electron chi connectivity index (χ4n) is 1.25. The minimum atomic E-state index is -1.14. The summed E-state index contributed by atoms with van der Waals surface area (Å²) in [6.45, 7) is -0.133. The molecule has 104 valence electrons. The lowest BCUT2D eigenvalue weighted by atomic mass is 10.1. The van der Waals surface area contributed by atoms with Crippen LogP contribution in [0.25, 0.3) is 0 Å². The molecule has 0 aliphatic rings. The highest BCUT2D eigenvalue weighted by Gasteiger charge is 2.15. The van der Waals surface area contributed by atoms with Crippen molar-refractivity contribution in [3.63, 3.8) is 0 Å². The lowest BCUT2D eigenvalue weighted by molar-refractivity contribution is -0.0202. The van der Waals surface area contributed by atoms with E-state index in [-0.39, 0.29) is 12.8 Å². The number of rotatable bonds is 10. The Hall–Kier alpha value is -0.280.